The molecule has 4 nitrogen and oxygen atoms in total. The fourth-order valence-electron chi connectivity index (χ4n) is 1.61. The van der Waals surface area contributed by atoms with Gasteiger partial charge in [-0.2, -0.15) is 4.31 Å². The zero-order valence-electron chi connectivity index (χ0n) is 12.9. The smallest absolute Gasteiger partial charge is 0.244 e. The molecule has 114 valence electrons. The quantitative estimate of drug-likeness (QED) is 0.569. The Labute approximate surface area is 128 Å². The molecule has 0 unspecified atom stereocenters. The number of hydrogen-bond donors (Lipinski definition) is 0. The van der Waals surface area contributed by atoms with Gasteiger partial charge in [-0.1, -0.05) is 33.5 Å². The minimum Gasteiger partial charge on any atom is -0.249 e. The molecule has 1 aromatic rings. The molecule has 0 aliphatic rings. The Morgan fingerprint density at radius 2 is 1.80 bits per heavy atom. The molecule has 0 atom stereocenters. The third-order valence-corrected chi connectivity index (χ3v) is 9.32. The van der Waals surface area contributed by atoms with Crippen LogP contribution in [-0.2, 0) is 10.0 Å². The van der Waals surface area contributed by atoms with E-state index in [9.17, 15) is 8.42 Å². The Bertz CT molecular complexity index is 520. The normalized spacial score (nSPS) is 12.9. The summed E-state index contributed by atoms with van der Waals surface area (Å²) in [7, 11) is -4.51. The van der Waals surface area contributed by atoms with Crippen LogP contribution in [-0.4, -0.2) is 44.2 Å². The van der Waals surface area contributed by atoms with Gasteiger partial charge in [0, 0.05) is 19.3 Å². The lowest BCUT2D eigenvalue weighted by molar-refractivity contribution is 0.445. The number of aromatic nitrogens is 1. The maximum absolute atomic E-state index is 12.3. The average molecular weight is 333 g/mol. The molecule has 0 saturated heterocycles. The van der Waals surface area contributed by atoms with Crippen LogP contribution in [0.4, 0.5) is 0 Å². The van der Waals surface area contributed by atoms with E-state index in [1.807, 2.05) is 13.8 Å². The van der Waals surface area contributed by atoms with Crippen molar-refractivity contribution in [3.8, 4) is 0 Å². The maximum atomic E-state index is 12.3. The summed E-state index contributed by atoms with van der Waals surface area (Å²) in [5.74, 6) is 0. The molecule has 0 amide bonds. The van der Waals surface area contributed by atoms with Crippen LogP contribution in [0.25, 0.3) is 0 Å². The van der Waals surface area contributed by atoms with Crippen LogP contribution >= 0.6 is 11.8 Å². The first kappa shape index (κ1) is 17.7. The standard InChI is InChI=1S/C13H24N2O2S2Si/c1-6-15(7-2)19(16,17)12-8-9-13(14-10-12)18-11-20(3,4)5/h8-10H,6-7,11H2,1-5H3. The zero-order chi connectivity index (χ0) is 15.4. The van der Waals surface area contributed by atoms with Crippen LogP contribution in [0.1, 0.15) is 13.8 Å². The maximum Gasteiger partial charge on any atom is 0.244 e. The van der Waals surface area contributed by atoms with Crippen molar-refractivity contribution >= 4 is 29.9 Å². The van der Waals surface area contributed by atoms with Crippen molar-refractivity contribution in [3.63, 3.8) is 0 Å². The van der Waals surface area contributed by atoms with E-state index in [4.69, 9.17) is 0 Å². The predicted molar refractivity (Wildman–Crippen MR) is 88.4 cm³/mol. The van der Waals surface area contributed by atoms with Crippen LogP contribution in [0, 0.1) is 0 Å². The monoisotopic (exact) mass is 332 g/mol. The summed E-state index contributed by atoms with van der Waals surface area (Å²) < 4.78 is 26.1. The van der Waals surface area contributed by atoms with Gasteiger partial charge in [0.05, 0.1) is 13.1 Å². The zero-order valence-corrected chi connectivity index (χ0v) is 15.5. The van der Waals surface area contributed by atoms with E-state index >= 15 is 0 Å². The molecule has 0 aliphatic heterocycles. The number of rotatable bonds is 7. The van der Waals surface area contributed by atoms with Gasteiger partial charge in [0.15, 0.2) is 0 Å². The number of thioether (sulfide) groups is 1. The Morgan fingerprint density at radius 1 is 1.20 bits per heavy atom. The molecule has 1 aromatic heterocycles. The number of nitrogens with zero attached hydrogens (tertiary/aromatic N) is 2. The molecule has 0 aromatic carbocycles. The molecule has 20 heavy (non-hydrogen) atoms. The van der Waals surface area contributed by atoms with Crippen molar-refractivity contribution in [1.29, 1.82) is 0 Å². The van der Waals surface area contributed by atoms with Crippen LogP contribution in [0.15, 0.2) is 28.3 Å². The fraction of sp³-hybridized carbons (Fsp3) is 0.615. The van der Waals surface area contributed by atoms with Crippen LogP contribution in [0.2, 0.25) is 19.6 Å². The van der Waals surface area contributed by atoms with Crippen LogP contribution in [0.3, 0.4) is 0 Å². The average Bonchev–Trinajstić information content (AvgIpc) is 2.37. The summed E-state index contributed by atoms with van der Waals surface area (Å²) in [6.07, 6.45) is 1.47. The largest absolute Gasteiger partial charge is 0.249 e. The lowest BCUT2D eigenvalue weighted by atomic mass is 10.5. The number of sulfonamides is 1. The van der Waals surface area contributed by atoms with Crippen LogP contribution in [0.5, 0.6) is 0 Å². The second kappa shape index (κ2) is 7.06. The summed E-state index contributed by atoms with van der Waals surface area (Å²) in [5, 5.41) is 1.98. The summed E-state index contributed by atoms with van der Waals surface area (Å²) in [5.41, 5.74) is 0. The highest BCUT2D eigenvalue weighted by Crippen LogP contribution is 2.22. The highest BCUT2D eigenvalue weighted by Gasteiger charge is 2.22. The summed E-state index contributed by atoms with van der Waals surface area (Å²) in [6.45, 7) is 11.5. The summed E-state index contributed by atoms with van der Waals surface area (Å²) in [6, 6.07) is 3.47. The first-order valence-corrected chi connectivity index (χ1v) is 12.9. The van der Waals surface area contributed by atoms with Crippen molar-refractivity contribution in [2.75, 3.05) is 18.5 Å². The molecule has 1 heterocycles. The van der Waals surface area contributed by atoms with Gasteiger partial charge in [0.2, 0.25) is 10.0 Å². The van der Waals surface area contributed by atoms with E-state index in [2.05, 4.69) is 24.6 Å². The molecule has 0 saturated carbocycles. The van der Waals surface area contributed by atoms with Gasteiger partial charge < -0.3 is 0 Å². The van der Waals surface area contributed by atoms with Gasteiger partial charge in [-0.3, -0.25) is 0 Å². The van der Waals surface area contributed by atoms with Crippen molar-refractivity contribution in [2.24, 2.45) is 0 Å². The lowest BCUT2D eigenvalue weighted by Crippen LogP contribution is -2.30. The second-order valence-corrected chi connectivity index (χ2v) is 14.7. The second-order valence-electron chi connectivity index (χ2n) is 5.77. The molecule has 0 N–H and O–H groups in total. The molecular formula is C13H24N2O2S2Si. The molecule has 0 spiro atoms. The minimum absolute atomic E-state index is 0.276. The van der Waals surface area contributed by atoms with E-state index in [1.54, 1.807) is 23.9 Å². The van der Waals surface area contributed by atoms with Gasteiger partial charge in [0.25, 0.3) is 0 Å². The third kappa shape index (κ3) is 4.87. The predicted octanol–water partition coefficient (Wildman–Crippen LogP) is 3.08. The first-order chi connectivity index (χ1) is 9.20. The molecule has 0 fully saturated rings. The van der Waals surface area contributed by atoms with Crippen LogP contribution < -0.4 is 0 Å². The SMILES string of the molecule is CCN(CC)S(=O)(=O)c1ccc(SC[Si](C)(C)C)nc1. The van der Waals surface area contributed by atoms with E-state index in [-0.39, 0.29) is 4.90 Å². The molecule has 0 radical (unpaired) electrons. The van der Waals surface area contributed by atoms with Crippen molar-refractivity contribution < 1.29 is 8.42 Å². The fourth-order valence-corrected chi connectivity index (χ4v) is 5.63. The highest BCUT2D eigenvalue weighted by atomic mass is 32.2. The third-order valence-electron chi connectivity index (χ3n) is 2.71. The van der Waals surface area contributed by atoms with E-state index in [1.165, 1.54) is 10.5 Å². The van der Waals surface area contributed by atoms with Gasteiger partial charge in [0.1, 0.15) is 4.90 Å². The Morgan fingerprint density at radius 3 is 2.20 bits per heavy atom. The number of hydrogen-bond acceptors (Lipinski definition) is 4. The van der Waals surface area contributed by atoms with Crippen molar-refractivity contribution in [2.45, 2.75) is 43.4 Å². The molecule has 1 rings (SSSR count). The summed E-state index contributed by atoms with van der Waals surface area (Å²) >= 11 is 1.71. The molecule has 0 bridgehead atoms. The summed E-state index contributed by atoms with van der Waals surface area (Å²) in [4.78, 5) is 4.55. The first-order valence-electron chi connectivity index (χ1n) is 6.79. The Kier molecular flexibility index (Phi) is 6.24. The van der Waals surface area contributed by atoms with E-state index in [0.717, 1.165) is 10.4 Å². The Balaban J connectivity index is 2.86. The molecular weight excluding hydrogens is 308 g/mol. The Hall–Kier alpha value is -0.373. The topological polar surface area (TPSA) is 50.3 Å². The van der Waals surface area contributed by atoms with Crippen molar-refractivity contribution in [1.82, 2.24) is 9.29 Å². The van der Waals surface area contributed by atoms with Gasteiger partial charge in [-0.05, 0) is 17.5 Å². The van der Waals surface area contributed by atoms with Gasteiger partial charge in [-0.15, -0.1) is 11.8 Å². The van der Waals surface area contributed by atoms with E-state index in [0.29, 0.717) is 13.1 Å². The highest BCUT2D eigenvalue weighted by molar-refractivity contribution is 8.00. The van der Waals surface area contributed by atoms with Gasteiger partial charge >= 0.3 is 0 Å². The van der Waals surface area contributed by atoms with E-state index < -0.39 is 18.1 Å². The van der Waals surface area contributed by atoms with Gasteiger partial charge in [-0.25, -0.2) is 13.4 Å². The molecule has 7 heteroatoms. The number of pyridine rings is 1. The minimum atomic E-state index is -3.39. The lowest BCUT2D eigenvalue weighted by Gasteiger charge is -2.18. The van der Waals surface area contributed by atoms with Crippen molar-refractivity contribution in [3.05, 3.63) is 18.3 Å². The molecule has 0 aliphatic carbocycles.